The minimum Gasteiger partial charge on any atom is -0.351 e. The predicted octanol–water partition coefficient (Wildman–Crippen LogP) is 2.19. The second-order valence-electron chi connectivity index (χ2n) is 3.71. The van der Waals surface area contributed by atoms with Crippen molar-refractivity contribution in [3.05, 3.63) is 54.1 Å². The minimum atomic E-state index is 0.815. The second-order valence-corrected chi connectivity index (χ2v) is 3.71. The van der Waals surface area contributed by atoms with Crippen LogP contribution in [0.4, 0.5) is 0 Å². The fourth-order valence-corrected chi connectivity index (χ4v) is 1.74. The molecule has 2 heterocycles. The lowest BCUT2D eigenvalue weighted by atomic mass is 10.3. The van der Waals surface area contributed by atoms with E-state index in [2.05, 4.69) is 40.1 Å². The number of nitrogens with zero attached hydrogens (tertiary/aromatic N) is 2. The zero-order chi connectivity index (χ0) is 11.2. The summed E-state index contributed by atoms with van der Waals surface area (Å²) < 4.78 is 2.24. The normalized spacial score (nSPS) is 10.6. The van der Waals surface area contributed by atoms with E-state index in [4.69, 9.17) is 0 Å². The van der Waals surface area contributed by atoms with Crippen LogP contribution in [-0.2, 0) is 19.6 Å². The van der Waals surface area contributed by atoms with Crippen LogP contribution >= 0.6 is 0 Å². The van der Waals surface area contributed by atoms with Gasteiger partial charge in [0.1, 0.15) is 0 Å². The Morgan fingerprint density at radius 3 is 2.88 bits per heavy atom. The molecular weight excluding hydrogens is 198 g/mol. The maximum absolute atomic E-state index is 4.27. The van der Waals surface area contributed by atoms with E-state index in [0.29, 0.717) is 0 Å². The molecule has 0 atom stereocenters. The molecule has 0 spiro atoms. The van der Waals surface area contributed by atoms with Gasteiger partial charge < -0.3 is 9.88 Å². The summed E-state index contributed by atoms with van der Waals surface area (Å²) in [6.07, 6.45) is 3.93. The van der Waals surface area contributed by atoms with Gasteiger partial charge in [0.2, 0.25) is 0 Å². The number of hydrogen-bond donors (Lipinski definition) is 1. The summed E-state index contributed by atoms with van der Waals surface area (Å²) in [6.45, 7) is 4.88. The van der Waals surface area contributed by atoms with Gasteiger partial charge in [-0.3, -0.25) is 4.98 Å². The Morgan fingerprint density at radius 1 is 1.19 bits per heavy atom. The summed E-state index contributed by atoms with van der Waals surface area (Å²) in [4.78, 5) is 4.27. The van der Waals surface area contributed by atoms with Crippen LogP contribution in [0.5, 0.6) is 0 Å². The van der Waals surface area contributed by atoms with E-state index >= 15 is 0 Å². The van der Waals surface area contributed by atoms with E-state index in [0.717, 1.165) is 25.3 Å². The topological polar surface area (TPSA) is 29.9 Å². The lowest BCUT2D eigenvalue weighted by molar-refractivity contribution is 0.622. The predicted molar refractivity (Wildman–Crippen MR) is 64.9 cm³/mol. The summed E-state index contributed by atoms with van der Waals surface area (Å²) >= 11 is 0. The van der Waals surface area contributed by atoms with E-state index in [1.807, 2.05) is 24.4 Å². The molecule has 0 fully saturated rings. The molecule has 3 heteroatoms. The molecule has 0 amide bonds. The molecular formula is C13H17N3. The van der Waals surface area contributed by atoms with E-state index in [-0.39, 0.29) is 0 Å². The van der Waals surface area contributed by atoms with Gasteiger partial charge in [-0.15, -0.1) is 0 Å². The molecule has 84 valence electrons. The Labute approximate surface area is 96.1 Å². The summed E-state index contributed by atoms with van der Waals surface area (Å²) in [5.74, 6) is 0. The fourth-order valence-electron chi connectivity index (χ4n) is 1.74. The molecule has 16 heavy (non-hydrogen) atoms. The molecule has 1 N–H and O–H groups in total. The quantitative estimate of drug-likeness (QED) is 0.828. The first-order valence-corrected chi connectivity index (χ1v) is 5.65. The molecule has 2 aromatic rings. The molecule has 0 aliphatic rings. The van der Waals surface area contributed by atoms with Gasteiger partial charge in [0.25, 0.3) is 0 Å². The Hall–Kier alpha value is -1.61. The number of pyridine rings is 1. The number of nitrogens with one attached hydrogen (secondary N) is 1. The van der Waals surface area contributed by atoms with Crippen LogP contribution in [0.25, 0.3) is 0 Å². The monoisotopic (exact) mass is 215 g/mol. The third-order valence-corrected chi connectivity index (χ3v) is 2.60. The Bertz CT molecular complexity index is 420. The number of hydrogen-bond acceptors (Lipinski definition) is 2. The summed E-state index contributed by atoms with van der Waals surface area (Å²) in [5, 5.41) is 3.40. The van der Waals surface area contributed by atoms with Crippen molar-refractivity contribution in [2.45, 2.75) is 26.6 Å². The average molecular weight is 215 g/mol. The SMILES string of the molecule is CCn1cccc1CNCc1ccccn1. The summed E-state index contributed by atoms with van der Waals surface area (Å²) in [5.41, 5.74) is 2.40. The molecule has 3 nitrogen and oxygen atoms in total. The largest absolute Gasteiger partial charge is 0.351 e. The Morgan fingerprint density at radius 2 is 2.12 bits per heavy atom. The molecule has 0 saturated carbocycles. The number of aryl methyl sites for hydroxylation is 1. The van der Waals surface area contributed by atoms with E-state index in [9.17, 15) is 0 Å². The first kappa shape index (κ1) is 10.9. The van der Waals surface area contributed by atoms with Gasteiger partial charge in [-0.1, -0.05) is 6.07 Å². The van der Waals surface area contributed by atoms with E-state index in [1.54, 1.807) is 0 Å². The zero-order valence-electron chi connectivity index (χ0n) is 9.56. The molecule has 0 aliphatic heterocycles. The van der Waals surface area contributed by atoms with Crippen LogP contribution in [0, 0.1) is 0 Å². The second kappa shape index (κ2) is 5.47. The van der Waals surface area contributed by atoms with Crippen LogP contribution in [0.2, 0.25) is 0 Å². The lowest BCUT2D eigenvalue weighted by Crippen LogP contribution is -2.16. The highest BCUT2D eigenvalue weighted by Crippen LogP contribution is 2.02. The highest BCUT2D eigenvalue weighted by Gasteiger charge is 1.98. The van der Waals surface area contributed by atoms with Gasteiger partial charge in [0, 0.05) is 37.7 Å². The van der Waals surface area contributed by atoms with Crippen molar-refractivity contribution >= 4 is 0 Å². The third-order valence-electron chi connectivity index (χ3n) is 2.60. The molecule has 2 aromatic heterocycles. The maximum Gasteiger partial charge on any atom is 0.0541 e. The molecule has 0 unspecified atom stereocenters. The van der Waals surface area contributed by atoms with Crippen LogP contribution < -0.4 is 5.32 Å². The van der Waals surface area contributed by atoms with Gasteiger partial charge in [0.15, 0.2) is 0 Å². The van der Waals surface area contributed by atoms with Gasteiger partial charge in [0.05, 0.1) is 5.69 Å². The lowest BCUT2D eigenvalue weighted by Gasteiger charge is -2.07. The highest BCUT2D eigenvalue weighted by molar-refractivity contribution is 5.07. The smallest absolute Gasteiger partial charge is 0.0541 e. The van der Waals surface area contributed by atoms with Gasteiger partial charge in [-0.05, 0) is 31.2 Å². The van der Waals surface area contributed by atoms with Gasteiger partial charge in [-0.2, -0.15) is 0 Å². The molecule has 0 saturated heterocycles. The average Bonchev–Trinajstić information content (AvgIpc) is 2.78. The Kier molecular flexibility index (Phi) is 3.72. The number of rotatable bonds is 5. The first-order valence-electron chi connectivity index (χ1n) is 5.65. The summed E-state index contributed by atoms with van der Waals surface area (Å²) in [7, 11) is 0. The van der Waals surface area contributed by atoms with Crippen molar-refractivity contribution < 1.29 is 0 Å². The van der Waals surface area contributed by atoms with Crippen LogP contribution in [0.1, 0.15) is 18.3 Å². The van der Waals surface area contributed by atoms with Crippen molar-refractivity contribution in [1.82, 2.24) is 14.9 Å². The van der Waals surface area contributed by atoms with Gasteiger partial charge in [-0.25, -0.2) is 0 Å². The van der Waals surface area contributed by atoms with E-state index < -0.39 is 0 Å². The molecule has 0 aliphatic carbocycles. The molecule has 0 aromatic carbocycles. The van der Waals surface area contributed by atoms with Crippen molar-refractivity contribution in [2.75, 3.05) is 0 Å². The molecule has 0 bridgehead atoms. The standard InChI is InChI=1S/C13H17N3/c1-2-16-9-5-7-13(16)11-14-10-12-6-3-4-8-15-12/h3-9,14H,2,10-11H2,1H3. The zero-order valence-corrected chi connectivity index (χ0v) is 9.56. The van der Waals surface area contributed by atoms with Crippen LogP contribution in [0.15, 0.2) is 42.7 Å². The summed E-state index contributed by atoms with van der Waals surface area (Å²) in [6, 6.07) is 10.2. The Balaban J connectivity index is 1.85. The van der Waals surface area contributed by atoms with Crippen LogP contribution in [-0.4, -0.2) is 9.55 Å². The number of aromatic nitrogens is 2. The maximum atomic E-state index is 4.27. The fraction of sp³-hybridized carbons (Fsp3) is 0.308. The minimum absolute atomic E-state index is 0.815. The van der Waals surface area contributed by atoms with Crippen LogP contribution in [0.3, 0.4) is 0 Å². The van der Waals surface area contributed by atoms with E-state index in [1.165, 1.54) is 5.69 Å². The van der Waals surface area contributed by atoms with Crippen molar-refractivity contribution in [3.63, 3.8) is 0 Å². The van der Waals surface area contributed by atoms with Crippen molar-refractivity contribution in [2.24, 2.45) is 0 Å². The third kappa shape index (κ3) is 2.70. The highest BCUT2D eigenvalue weighted by atomic mass is 15.0. The molecule has 2 rings (SSSR count). The van der Waals surface area contributed by atoms with Crippen molar-refractivity contribution in [3.8, 4) is 0 Å². The van der Waals surface area contributed by atoms with Gasteiger partial charge >= 0.3 is 0 Å². The molecule has 0 radical (unpaired) electrons. The first-order chi connectivity index (χ1) is 7.90. The van der Waals surface area contributed by atoms with Crippen molar-refractivity contribution in [1.29, 1.82) is 0 Å².